The van der Waals surface area contributed by atoms with Crippen LogP contribution in [0.25, 0.3) is 0 Å². The molecule has 0 aromatic heterocycles. The van der Waals surface area contributed by atoms with Gasteiger partial charge in [0.15, 0.2) is 11.5 Å². The maximum absolute atomic E-state index is 12.9. The molecule has 0 saturated carbocycles. The highest BCUT2D eigenvalue weighted by molar-refractivity contribution is 5.95. The Morgan fingerprint density at radius 2 is 1.53 bits per heavy atom. The number of benzene rings is 3. The molecule has 0 aliphatic heterocycles. The molecule has 0 aliphatic rings. The van der Waals surface area contributed by atoms with Crippen molar-refractivity contribution in [3.8, 4) is 17.2 Å². The number of hydrogen-bond donors (Lipinski definition) is 2. The summed E-state index contributed by atoms with van der Waals surface area (Å²) in [6.45, 7) is 2.59. The Balaban J connectivity index is 1.69. The standard InChI is InChI=1S/C27H30N2O5/c1-4-9-25(30)29-22-13-8-12-20(14-22)17-28-27(31)21-15-23(32-2)26(24(16-21)33-3)34-18-19-10-6-5-7-11-19/h5-8,10-16H,4,9,17-18H2,1-3H3,(H,28,31)(H,29,30). The Hall–Kier alpha value is -4.00. The smallest absolute Gasteiger partial charge is 0.251 e. The Morgan fingerprint density at radius 3 is 2.18 bits per heavy atom. The van der Waals surface area contributed by atoms with Crippen LogP contribution in [0.15, 0.2) is 66.7 Å². The number of hydrogen-bond acceptors (Lipinski definition) is 5. The summed E-state index contributed by atoms with van der Waals surface area (Å²) < 4.78 is 16.9. The molecule has 0 spiro atoms. The van der Waals surface area contributed by atoms with Gasteiger partial charge in [-0.2, -0.15) is 0 Å². The Morgan fingerprint density at radius 1 is 0.853 bits per heavy atom. The minimum atomic E-state index is -0.286. The topological polar surface area (TPSA) is 85.9 Å². The van der Waals surface area contributed by atoms with Crippen molar-refractivity contribution in [3.63, 3.8) is 0 Å². The van der Waals surface area contributed by atoms with Gasteiger partial charge in [0.25, 0.3) is 5.91 Å². The van der Waals surface area contributed by atoms with Gasteiger partial charge in [-0.3, -0.25) is 9.59 Å². The van der Waals surface area contributed by atoms with Crippen LogP contribution in [0.2, 0.25) is 0 Å². The molecule has 34 heavy (non-hydrogen) atoms. The zero-order valence-electron chi connectivity index (χ0n) is 19.7. The zero-order valence-corrected chi connectivity index (χ0v) is 19.7. The summed E-state index contributed by atoms with van der Waals surface area (Å²) in [5.41, 5.74) is 2.95. The molecule has 0 saturated heterocycles. The molecule has 0 atom stereocenters. The molecule has 0 radical (unpaired) electrons. The van der Waals surface area contributed by atoms with Crippen molar-refractivity contribution in [1.29, 1.82) is 0 Å². The largest absolute Gasteiger partial charge is 0.493 e. The number of carbonyl (C=O) groups is 2. The third-order valence-electron chi connectivity index (χ3n) is 5.09. The molecular weight excluding hydrogens is 432 g/mol. The van der Waals surface area contributed by atoms with Crippen LogP contribution in [0.4, 0.5) is 5.69 Å². The lowest BCUT2D eigenvalue weighted by atomic mass is 10.1. The number of anilines is 1. The predicted octanol–water partition coefficient (Wildman–Crippen LogP) is 4.95. The van der Waals surface area contributed by atoms with E-state index >= 15 is 0 Å². The minimum Gasteiger partial charge on any atom is -0.493 e. The van der Waals surface area contributed by atoms with Crippen LogP contribution in [-0.2, 0) is 17.9 Å². The van der Waals surface area contributed by atoms with Gasteiger partial charge >= 0.3 is 0 Å². The Kier molecular flexibility index (Phi) is 8.91. The van der Waals surface area contributed by atoms with E-state index in [-0.39, 0.29) is 11.8 Å². The maximum atomic E-state index is 12.9. The van der Waals surface area contributed by atoms with Crippen molar-refractivity contribution in [1.82, 2.24) is 5.32 Å². The van der Waals surface area contributed by atoms with Crippen molar-refractivity contribution >= 4 is 17.5 Å². The number of methoxy groups -OCH3 is 2. The van der Waals surface area contributed by atoms with E-state index in [0.717, 1.165) is 17.5 Å². The molecule has 3 aromatic rings. The van der Waals surface area contributed by atoms with Gasteiger partial charge in [-0.15, -0.1) is 0 Å². The molecule has 0 fully saturated rings. The van der Waals surface area contributed by atoms with Crippen molar-refractivity contribution in [2.75, 3.05) is 19.5 Å². The number of ether oxygens (including phenoxy) is 3. The van der Waals surface area contributed by atoms with Crippen molar-refractivity contribution in [2.24, 2.45) is 0 Å². The van der Waals surface area contributed by atoms with Gasteiger partial charge in [0, 0.05) is 24.2 Å². The van der Waals surface area contributed by atoms with Crippen LogP contribution in [-0.4, -0.2) is 26.0 Å². The third-order valence-corrected chi connectivity index (χ3v) is 5.09. The fourth-order valence-corrected chi connectivity index (χ4v) is 3.38. The summed E-state index contributed by atoms with van der Waals surface area (Å²) in [5, 5.41) is 5.76. The number of rotatable bonds is 11. The van der Waals surface area contributed by atoms with E-state index < -0.39 is 0 Å². The molecule has 0 aliphatic carbocycles. The second kappa shape index (κ2) is 12.3. The lowest BCUT2D eigenvalue weighted by Gasteiger charge is -2.16. The summed E-state index contributed by atoms with van der Waals surface area (Å²) in [4.78, 5) is 24.7. The van der Waals surface area contributed by atoms with E-state index in [1.54, 1.807) is 12.1 Å². The fourth-order valence-electron chi connectivity index (χ4n) is 3.38. The van der Waals surface area contributed by atoms with Gasteiger partial charge < -0.3 is 24.8 Å². The molecule has 0 unspecified atom stereocenters. The van der Waals surface area contributed by atoms with Crippen LogP contribution in [0, 0.1) is 0 Å². The van der Waals surface area contributed by atoms with E-state index in [2.05, 4.69) is 10.6 Å². The summed E-state index contributed by atoms with van der Waals surface area (Å²) >= 11 is 0. The lowest BCUT2D eigenvalue weighted by molar-refractivity contribution is -0.116. The number of amides is 2. The van der Waals surface area contributed by atoms with Gasteiger partial charge in [-0.1, -0.05) is 49.4 Å². The quantitative estimate of drug-likeness (QED) is 0.421. The molecule has 7 nitrogen and oxygen atoms in total. The maximum Gasteiger partial charge on any atom is 0.251 e. The molecule has 2 N–H and O–H groups in total. The molecule has 3 aromatic carbocycles. The second-order valence-electron chi connectivity index (χ2n) is 7.67. The van der Waals surface area contributed by atoms with Gasteiger partial charge in [-0.25, -0.2) is 0 Å². The third kappa shape index (κ3) is 6.75. The van der Waals surface area contributed by atoms with Gasteiger partial charge in [0.1, 0.15) is 6.61 Å². The summed E-state index contributed by atoms with van der Waals surface area (Å²) in [7, 11) is 3.04. The predicted molar refractivity (Wildman–Crippen MR) is 131 cm³/mol. The highest BCUT2D eigenvalue weighted by atomic mass is 16.5. The van der Waals surface area contributed by atoms with E-state index in [9.17, 15) is 9.59 Å². The first-order valence-electron chi connectivity index (χ1n) is 11.1. The van der Waals surface area contributed by atoms with Crippen LogP contribution in [0.5, 0.6) is 17.2 Å². The second-order valence-corrected chi connectivity index (χ2v) is 7.67. The van der Waals surface area contributed by atoms with Crippen molar-refractivity contribution < 1.29 is 23.8 Å². The lowest BCUT2D eigenvalue weighted by Crippen LogP contribution is -2.23. The molecule has 2 amide bonds. The molecule has 0 heterocycles. The van der Waals surface area contributed by atoms with Crippen LogP contribution in [0.3, 0.4) is 0 Å². The highest BCUT2D eigenvalue weighted by Crippen LogP contribution is 2.39. The van der Waals surface area contributed by atoms with Gasteiger partial charge in [-0.05, 0) is 41.8 Å². The van der Waals surface area contributed by atoms with Gasteiger partial charge in [0.05, 0.1) is 14.2 Å². The first-order valence-corrected chi connectivity index (χ1v) is 11.1. The van der Waals surface area contributed by atoms with E-state index in [1.165, 1.54) is 14.2 Å². The first kappa shape index (κ1) is 24.6. The van der Waals surface area contributed by atoms with E-state index in [0.29, 0.717) is 48.1 Å². The number of carbonyl (C=O) groups excluding carboxylic acids is 2. The summed E-state index contributed by atoms with van der Waals surface area (Å²) in [6.07, 6.45) is 1.25. The average Bonchev–Trinajstić information content (AvgIpc) is 2.86. The summed E-state index contributed by atoms with van der Waals surface area (Å²) in [5.74, 6) is 0.923. The molecule has 3 rings (SSSR count). The zero-order chi connectivity index (χ0) is 24.3. The molecule has 0 bridgehead atoms. The van der Waals surface area contributed by atoms with Gasteiger partial charge in [0.2, 0.25) is 11.7 Å². The molecule has 7 heteroatoms. The Labute approximate surface area is 200 Å². The monoisotopic (exact) mass is 462 g/mol. The van der Waals surface area contributed by atoms with Crippen molar-refractivity contribution in [3.05, 3.63) is 83.4 Å². The molecule has 178 valence electrons. The van der Waals surface area contributed by atoms with Crippen LogP contribution < -0.4 is 24.8 Å². The SMILES string of the molecule is CCCC(=O)Nc1cccc(CNC(=O)c2cc(OC)c(OCc3ccccc3)c(OC)c2)c1. The number of nitrogens with one attached hydrogen (secondary N) is 2. The summed E-state index contributed by atoms with van der Waals surface area (Å²) in [6, 6.07) is 20.4. The van der Waals surface area contributed by atoms with Crippen LogP contribution >= 0.6 is 0 Å². The van der Waals surface area contributed by atoms with Crippen molar-refractivity contribution in [2.45, 2.75) is 32.9 Å². The van der Waals surface area contributed by atoms with Crippen LogP contribution in [0.1, 0.15) is 41.3 Å². The minimum absolute atomic E-state index is 0.0301. The Bertz CT molecular complexity index is 1090. The van der Waals surface area contributed by atoms with E-state index in [4.69, 9.17) is 14.2 Å². The highest BCUT2D eigenvalue weighted by Gasteiger charge is 2.18. The molecular formula is C27H30N2O5. The van der Waals surface area contributed by atoms with E-state index in [1.807, 2.05) is 61.5 Å². The fraction of sp³-hybridized carbons (Fsp3) is 0.259. The average molecular weight is 463 g/mol. The normalized spacial score (nSPS) is 10.3. The first-order chi connectivity index (χ1) is 16.5.